The average Bonchev–Trinajstić information content (AvgIpc) is 2.82. The number of anilines is 1. The van der Waals surface area contributed by atoms with Crippen LogP contribution < -0.4 is 20.1 Å². The van der Waals surface area contributed by atoms with Gasteiger partial charge in [-0.15, -0.1) is 0 Å². The topological polar surface area (TPSA) is 83.1 Å². The molecule has 184 valence electrons. The van der Waals surface area contributed by atoms with Crippen LogP contribution in [0.5, 0.6) is 11.5 Å². The summed E-state index contributed by atoms with van der Waals surface area (Å²) in [7, 11) is 1.55. The number of nitrogens with zero attached hydrogens (tertiary/aromatic N) is 2. The van der Waals surface area contributed by atoms with E-state index >= 15 is 0 Å². The highest BCUT2D eigenvalue weighted by molar-refractivity contribution is 5.93. The molecule has 1 aliphatic heterocycles. The minimum atomic E-state index is -4.55. The Morgan fingerprint density at radius 1 is 0.971 bits per heavy atom. The summed E-state index contributed by atoms with van der Waals surface area (Å²) in [5.74, 6) is 0.656. The van der Waals surface area contributed by atoms with E-state index < -0.39 is 17.6 Å². The maximum absolute atomic E-state index is 13.1. The molecule has 3 amide bonds. The van der Waals surface area contributed by atoms with Gasteiger partial charge in [0.15, 0.2) is 11.5 Å². The first-order valence-corrected chi connectivity index (χ1v) is 10.7. The van der Waals surface area contributed by atoms with Gasteiger partial charge in [-0.25, -0.2) is 4.79 Å². The van der Waals surface area contributed by atoms with Crippen LogP contribution in [0.4, 0.5) is 23.7 Å². The Bertz CT molecular complexity index is 979. The fraction of sp³-hybridized carbons (Fsp3) is 0.391. The molecule has 0 saturated carbocycles. The van der Waals surface area contributed by atoms with Crippen molar-refractivity contribution in [2.75, 3.05) is 58.3 Å². The number of hydrogen-bond acceptors (Lipinski definition) is 5. The van der Waals surface area contributed by atoms with E-state index in [9.17, 15) is 22.8 Å². The van der Waals surface area contributed by atoms with Crippen LogP contribution in [0.25, 0.3) is 0 Å². The van der Waals surface area contributed by atoms with Gasteiger partial charge in [0.25, 0.3) is 0 Å². The molecule has 1 heterocycles. The first kappa shape index (κ1) is 25.2. The molecular weight excluding hydrogens is 453 g/mol. The highest BCUT2D eigenvalue weighted by atomic mass is 19.4. The minimum Gasteiger partial charge on any atom is -0.493 e. The molecule has 0 aliphatic carbocycles. The Morgan fingerprint density at radius 3 is 2.29 bits per heavy atom. The van der Waals surface area contributed by atoms with Gasteiger partial charge in [0.1, 0.15) is 6.61 Å². The number of benzene rings is 2. The molecule has 2 aromatic carbocycles. The molecule has 3 rings (SSSR count). The second-order valence-corrected chi connectivity index (χ2v) is 7.59. The molecule has 0 radical (unpaired) electrons. The lowest BCUT2D eigenvalue weighted by atomic mass is 10.1. The van der Waals surface area contributed by atoms with E-state index in [-0.39, 0.29) is 24.9 Å². The number of alkyl halides is 3. The number of carbonyl (C=O) groups is 2. The first-order chi connectivity index (χ1) is 16.3. The predicted octanol–water partition coefficient (Wildman–Crippen LogP) is 3.06. The molecular formula is C23H27F3N4O4. The van der Waals surface area contributed by atoms with Crippen molar-refractivity contribution in [3.8, 4) is 11.5 Å². The number of nitrogens with one attached hydrogen (secondary N) is 2. The summed E-state index contributed by atoms with van der Waals surface area (Å²) in [6.07, 6.45) is -4.55. The SMILES string of the molecule is COc1ccccc1OCCNC(=O)N1CCN(CC(=O)Nc2ccccc2C(F)(F)F)CC1. The molecule has 8 nitrogen and oxygen atoms in total. The molecule has 0 aromatic heterocycles. The van der Waals surface area contributed by atoms with Gasteiger partial charge in [0.2, 0.25) is 5.91 Å². The van der Waals surface area contributed by atoms with Gasteiger partial charge in [0.05, 0.1) is 31.5 Å². The summed E-state index contributed by atoms with van der Waals surface area (Å²) in [4.78, 5) is 28.1. The Labute approximate surface area is 195 Å². The number of hydrogen-bond donors (Lipinski definition) is 2. The van der Waals surface area contributed by atoms with Crippen molar-refractivity contribution in [2.45, 2.75) is 6.18 Å². The Balaban J connectivity index is 1.38. The standard InChI is InChI=1S/C23H27F3N4O4/c1-33-19-8-4-5-9-20(19)34-15-10-27-22(32)30-13-11-29(12-14-30)16-21(31)28-18-7-3-2-6-17(18)23(24,25)26/h2-9H,10-16H2,1H3,(H,27,32)(H,28,31). The van der Waals surface area contributed by atoms with Crippen LogP contribution in [0.2, 0.25) is 0 Å². The number of para-hydroxylation sites is 3. The van der Waals surface area contributed by atoms with Gasteiger partial charge in [-0.2, -0.15) is 13.2 Å². The van der Waals surface area contributed by atoms with E-state index in [4.69, 9.17) is 9.47 Å². The zero-order chi connectivity index (χ0) is 24.6. The number of urea groups is 1. The maximum Gasteiger partial charge on any atom is 0.418 e. The van der Waals surface area contributed by atoms with Crippen LogP contribution in [0.3, 0.4) is 0 Å². The van der Waals surface area contributed by atoms with Gasteiger partial charge in [-0.1, -0.05) is 24.3 Å². The van der Waals surface area contributed by atoms with Crippen LogP contribution in [0.1, 0.15) is 5.56 Å². The van der Waals surface area contributed by atoms with Crippen LogP contribution in [-0.4, -0.2) is 74.7 Å². The Kier molecular flexibility index (Phi) is 8.58. The molecule has 1 fully saturated rings. The molecule has 11 heteroatoms. The second-order valence-electron chi connectivity index (χ2n) is 7.59. The minimum absolute atomic E-state index is 0.0611. The molecule has 0 bridgehead atoms. The number of piperazine rings is 1. The molecule has 1 saturated heterocycles. The molecule has 2 N–H and O–H groups in total. The maximum atomic E-state index is 13.1. The van der Waals surface area contributed by atoms with Crippen LogP contribution >= 0.6 is 0 Å². The summed E-state index contributed by atoms with van der Waals surface area (Å²) in [5.41, 5.74) is -1.16. The Hall–Kier alpha value is -3.47. The summed E-state index contributed by atoms with van der Waals surface area (Å²) >= 11 is 0. The van der Waals surface area contributed by atoms with E-state index in [1.165, 1.54) is 18.2 Å². The van der Waals surface area contributed by atoms with E-state index in [1.807, 2.05) is 12.1 Å². The fourth-order valence-electron chi connectivity index (χ4n) is 3.51. The number of rotatable bonds is 8. The molecule has 0 unspecified atom stereocenters. The van der Waals surface area contributed by atoms with Gasteiger partial charge in [0, 0.05) is 26.2 Å². The van der Waals surface area contributed by atoms with Gasteiger partial charge < -0.3 is 25.0 Å². The molecule has 0 spiro atoms. The fourth-order valence-corrected chi connectivity index (χ4v) is 3.51. The van der Waals surface area contributed by atoms with Crippen LogP contribution in [-0.2, 0) is 11.0 Å². The van der Waals surface area contributed by atoms with Crippen LogP contribution in [0, 0.1) is 0 Å². The van der Waals surface area contributed by atoms with Crippen molar-refractivity contribution in [2.24, 2.45) is 0 Å². The van der Waals surface area contributed by atoms with Crippen molar-refractivity contribution in [1.82, 2.24) is 15.1 Å². The number of halogens is 3. The van der Waals surface area contributed by atoms with Gasteiger partial charge in [-0.05, 0) is 24.3 Å². The lowest BCUT2D eigenvalue weighted by molar-refractivity contribution is -0.137. The van der Waals surface area contributed by atoms with Crippen molar-refractivity contribution >= 4 is 17.6 Å². The molecule has 2 aromatic rings. The molecule has 0 atom stereocenters. The highest BCUT2D eigenvalue weighted by Gasteiger charge is 2.33. The molecule has 1 aliphatic rings. The normalized spacial score (nSPS) is 14.4. The van der Waals surface area contributed by atoms with Crippen molar-refractivity contribution in [3.05, 3.63) is 54.1 Å². The third-order valence-electron chi connectivity index (χ3n) is 5.24. The van der Waals surface area contributed by atoms with E-state index in [1.54, 1.807) is 29.0 Å². The number of ether oxygens (including phenoxy) is 2. The zero-order valence-corrected chi connectivity index (χ0v) is 18.7. The third-order valence-corrected chi connectivity index (χ3v) is 5.24. The summed E-state index contributed by atoms with van der Waals surface area (Å²) in [6, 6.07) is 11.8. The number of amides is 3. The zero-order valence-electron chi connectivity index (χ0n) is 18.7. The van der Waals surface area contributed by atoms with E-state index in [0.29, 0.717) is 44.2 Å². The highest BCUT2D eigenvalue weighted by Crippen LogP contribution is 2.34. The second kappa shape index (κ2) is 11.6. The third kappa shape index (κ3) is 7.01. The van der Waals surface area contributed by atoms with Crippen molar-refractivity contribution in [3.63, 3.8) is 0 Å². The molecule has 34 heavy (non-hydrogen) atoms. The summed E-state index contributed by atoms with van der Waals surface area (Å²) < 4.78 is 50.1. The lowest BCUT2D eigenvalue weighted by Gasteiger charge is -2.34. The summed E-state index contributed by atoms with van der Waals surface area (Å²) in [6.45, 7) is 2.16. The smallest absolute Gasteiger partial charge is 0.418 e. The monoisotopic (exact) mass is 480 g/mol. The van der Waals surface area contributed by atoms with Crippen LogP contribution in [0.15, 0.2) is 48.5 Å². The largest absolute Gasteiger partial charge is 0.493 e. The number of carbonyl (C=O) groups excluding carboxylic acids is 2. The van der Waals surface area contributed by atoms with E-state index in [2.05, 4.69) is 10.6 Å². The predicted molar refractivity (Wildman–Crippen MR) is 120 cm³/mol. The summed E-state index contributed by atoms with van der Waals surface area (Å²) in [5, 5.41) is 5.12. The van der Waals surface area contributed by atoms with Gasteiger partial charge in [-0.3, -0.25) is 9.69 Å². The van der Waals surface area contributed by atoms with Gasteiger partial charge >= 0.3 is 12.2 Å². The lowest BCUT2D eigenvalue weighted by Crippen LogP contribution is -2.53. The van der Waals surface area contributed by atoms with Crippen molar-refractivity contribution in [1.29, 1.82) is 0 Å². The van der Waals surface area contributed by atoms with E-state index in [0.717, 1.165) is 6.07 Å². The van der Waals surface area contributed by atoms with Crippen molar-refractivity contribution < 1.29 is 32.2 Å². The number of methoxy groups -OCH3 is 1. The Morgan fingerprint density at radius 2 is 1.62 bits per heavy atom. The first-order valence-electron chi connectivity index (χ1n) is 10.7. The average molecular weight is 480 g/mol. The quantitative estimate of drug-likeness (QED) is 0.568.